The Bertz CT molecular complexity index is 776. The van der Waals surface area contributed by atoms with Crippen LogP contribution in [0.5, 0.6) is 0 Å². The molecule has 0 aromatic heterocycles. The molecule has 3 rings (SSSR count). The fraction of sp³-hybridized carbons (Fsp3) is 0.613. The molecule has 188 valence electrons. The van der Waals surface area contributed by atoms with E-state index in [1.807, 2.05) is 12.1 Å². The van der Waals surface area contributed by atoms with Gasteiger partial charge in [-0.15, -0.1) is 0 Å². The summed E-state index contributed by atoms with van der Waals surface area (Å²) in [6.45, 7) is 2.29. The first kappa shape index (κ1) is 27.2. The summed E-state index contributed by atoms with van der Waals surface area (Å²) in [6.07, 6.45) is 20.3. The van der Waals surface area contributed by atoms with Crippen LogP contribution in [0.3, 0.4) is 0 Å². The minimum atomic E-state index is -2.35. The minimum Gasteiger partial charge on any atom is -0.198 e. The van der Waals surface area contributed by atoms with Crippen LogP contribution in [-0.2, 0) is 12.8 Å². The van der Waals surface area contributed by atoms with Crippen molar-refractivity contribution in [1.82, 2.24) is 0 Å². The predicted octanol–water partition coefficient (Wildman–Crippen LogP) is 10.6. The second kappa shape index (κ2) is 15.6. The van der Waals surface area contributed by atoms with E-state index < -0.39 is 5.76 Å². The van der Waals surface area contributed by atoms with E-state index in [2.05, 4.69) is 31.2 Å². The molecule has 0 saturated heterocycles. The van der Waals surface area contributed by atoms with Gasteiger partial charge in [0, 0.05) is 4.90 Å². The Morgan fingerprint density at radius 1 is 0.706 bits per heavy atom. The fourth-order valence-electron chi connectivity index (χ4n) is 5.43. The van der Waals surface area contributed by atoms with Gasteiger partial charge < -0.3 is 0 Å². The van der Waals surface area contributed by atoms with E-state index in [0.717, 1.165) is 24.7 Å². The van der Waals surface area contributed by atoms with Crippen molar-refractivity contribution in [3.05, 3.63) is 65.2 Å². The predicted molar refractivity (Wildman–Crippen MR) is 144 cm³/mol. The van der Waals surface area contributed by atoms with Gasteiger partial charge >= 0.3 is 0 Å². The van der Waals surface area contributed by atoms with Gasteiger partial charge in [-0.25, -0.2) is 0 Å². The molecule has 0 spiro atoms. The van der Waals surface area contributed by atoms with Crippen LogP contribution in [0.15, 0.2) is 53.4 Å². The summed E-state index contributed by atoms with van der Waals surface area (Å²) in [5.41, 5.74) is 4.08. The van der Waals surface area contributed by atoms with Crippen molar-refractivity contribution in [3.63, 3.8) is 0 Å². The maximum Gasteiger partial charge on any atom is 0.288 e. The van der Waals surface area contributed by atoms with E-state index in [1.165, 1.54) is 100 Å². The summed E-state index contributed by atoms with van der Waals surface area (Å²) in [5, 5.41) is 0. The van der Waals surface area contributed by atoms with E-state index in [9.17, 15) is 8.78 Å². The van der Waals surface area contributed by atoms with Crippen LogP contribution in [0, 0.1) is 5.92 Å². The molecule has 34 heavy (non-hydrogen) atoms. The zero-order chi connectivity index (χ0) is 24.0. The summed E-state index contributed by atoms with van der Waals surface area (Å²) in [6, 6.07) is 16.9. The van der Waals surface area contributed by atoms with Crippen LogP contribution in [0.1, 0.15) is 113 Å². The van der Waals surface area contributed by atoms with E-state index >= 15 is 0 Å². The average molecular weight is 487 g/mol. The molecule has 0 N–H and O–H groups in total. The highest BCUT2D eigenvalue weighted by Crippen LogP contribution is 2.38. The van der Waals surface area contributed by atoms with Crippen molar-refractivity contribution in [2.45, 2.75) is 120 Å². The Morgan fingerprint density at radius 2 is 1.24 bits per heavy atom. The number of hydrogen-bond donors (Lipinski definition) is 0. The third-order valence-corrected chi connectivity index (χ3v) is 8.34. The lowest BCUT2D eigenvalue weighted by Crippen LogP contribution is -2.13. The molecule has 0 radical (unpaired) electrons. The van der Waals surface area contributed by atoms with Crippen LogP contribution in [-0.4, -0.2) is 5.76 Å². The van der Waals surface area contributed by atoms with Crippen molar-refractivity contribution in [1.29, 1.82) is 0 Å². The lowest BCUT2D eigenvalue weighted by atomic mass is 9.77. The van der Waals surface area contributed by atoms with Gasteiger partial charge in [0.25, 0.3) is 5.76 Å². The zero-order valence-corrected chi connectivity index (χ0v) is 21.9. The number of alkyl halides is 2. The molecule has 0 nitrogen and oxygen atoms in total. The molecule has 1 fully saturated rings. The van der Waals surface area contributed by atoms with Crippen LogP contribution in [0.25, 0.3) is 0 Å². The Kier molecular flexibility index (Phi) is 12.5. The monoisotopic (exact) mass is 486 g/mol. The average Bonchev–Trinajstić information content (AvgIpc) is 2.86. The normalized spacial score (nSPS) is 18.5. The first-order valence-electron chi connectivity index (χ1n) is 13.8. The van der Waals surface area contributed by atoms with Gasteiger partial charge in [0.05, 0.1) is 0 Å². The zero-order valence-electron chi connectivity index (χ0n) is 21.1. The molecule has 1 aliphatic carbocycles. The Labute approximate surface area is 211 Å². The SMILES string of the molecule is CCCCCCCCCC[C@H]1CC[C@H](c2ccc(CCc3ccc(SC(F)F)cc3)cc2)CC1. The Balaban J connectivity index is 1.31. The number of hydrogen-bond acceptors (Lipinski definition) is 1. The molecule has 1 aliphatic rings. The second-order valence-electron chi connectivity index (χ2n) is 10.2. The smallest absolute Gasteiger partial charge is 0.198 e. The van der Waals surface area contributed by atoms with Crippen molar-refractivity contribution >= 4 is 11.8 Å². The van der Waals surface area contributed by atoms with Crippen molar-refractivity contribution in [3.8, 4) is 0 Å². The molecule has 0 bridgehead atoms. The van der Waals surface area contributed by atoms with Gasteiger partial charge in [0.2, 0.25) is 0 Å². The molecule has 1 saturated carbocycles. The maximum atomic E-state index is 12.5. The first-order valence-corrected chi connectivity index (χ1v) is 14.6. The molecule has 0 aliphatic heterocycles. The summed E-state index contributed by atoms with van der Waals surface area (Å²) < 4.78 is 24.9. The van der Waals surface area contributed by atoms with Crippen LogP contribution >= 0.6 is 11.8 Å². The van der Waals surface area contributed by atoms with Crippen LogP contribution in [0.2, 0.25) is 0 Å². The van der Waals surface area contributed by atoms with Gasteiger partial charge in [0.1, 0.15) is 0 Å². The summed E-state index contributed by atoms with van der Waals surface area (Å²) in [7, 11) is 0. The number of halogens is 2. The van der Waals surface area contributed by atoms with Crippen molar-refractivity contribution < 1.29 is 8.78 Å². The van der Waals surface area contributed by atoms with Gasteiger partial charge in [-0.1, -0.05) is 113 Å². The molecule has 0 atom stereocenters. The van der Waals surface area contributed by atoms with Gasteiger partial charge in [-0.05, 0) is 79.2 Å². The maximum absolute atomic E-state index is 12.5. The highest BCUT2D eigenvalue weighted by atomic mass is 32.2. The van der Waals surface area contributed by atoms with Crippen molar-refractivity contribution in [2.75, 3.05) is 0 Å². The number of aryl methyl sites for hydroxylation is 2. The van der Waals surface area contributed by atoms with E-state index in [1.54, 1.807) is 12.1 Å². The first-order chi connectivity index (χ1) is 16.6. The van der Waals surface area contributed by atoms with E-state index in [-0.39, 0.29) is 0 Å². The van der Waals surface area contributed by atoms with Gasteiger partial charge in [0.15, 0.2) is 0 Å². The molecular weight excluding hydrogens is 442 g/mol. The quantitative estimate of drug-likeness (QED) is 0.178. The summed E-state index contributed by atoms with van der Waals surface area (Å²) in [4.78, 5) is 0.635. The Morgan fingerprint density at radius 3 is 1.79 bits per heavy atom. The number of unbranched alkanes of at least 4 members (excludes halogenated alkanes) is 7. The molecule has 2 aromatic carbocycles. The third kappa shape index (κ3) is 10.1. The van der Waals surface area contributed by atoms with E-state index in [0.29, 0.717) is 16.7 Å². The summed E-state index contributed by atoms with van der Waals surface area (Å²) in [5.74, 6) is -0.654. The largest absolute Gasteiger partial charge is 0.288 e. The third-order valence-electron chi connectivity index (χ3n) is 7.61. The number of rotatable bonds is 15. The van der Waals surface area contributed by atoms with Gasteiger partial charge in [-0.2, -0.15) is 8.78 Å². The lowest BCUT2D eigenvalue weighted by Gasteiger charge is -2.29. The molecule has 0 heterocycles. The molecule has 0 amide bonds. The highest BCUT2D eigenvalue weighted by Gasteiger charge is 2.22. The Hall–Kier alpha value is -1.35. The topological polar surface area (TPSA) is 0 Å². The number of benzene rings is 2. The standard InChI is InChI=1S/C31H44F2S/c1-2-3-4-5-6-7-8-9-10-25-13-19-28(20-14-25)29-21-15-26(16-22-29)11-12-27-17-23-30(24-18-27)34-31(32)33/h15-18,21-25,28,31H,2-14,19-20H2,1H3/t25-,28-. The number of thioether (sulfide) groups is 1. The summed E-state index contributed by atoms with van der Waals surface area (Å²) >= 11 is 0.612. The minimum absolute atomic E-state index is 0.612. The molecule has 3 heteroatoms. The van der Waals surface area contributed by atoms with Gasteiger partial charge in [-0.3, -0.25) is 0 Å². The van der Waals surface area contributed by atoms with Crippen molar-refractivity contribution in [2.24, 2.45) is 5.92 Å². The molecular formula is C31H44F2S. The fourth-order valence-corrected chi connectivity index (χ4v) is 5.93. The lowest BCUT2D eigenvalue weighted by molar-refractivity contribution is 0.252. The van der Waals surface area contributed by atoms with Crippen LogP contribution in [0.4, 0.5) is 8.78 Å². The second-order valence-corrected chi connectivity index (χ2v) is 11.3. The van der Waals surface area contributed by atoms with Crippen LogP contribution < -0.4 is 0 Å². The highest BCUT2D eigenvalue weighted by molar-refractivity contribution is 7.99. The van der Waals surface area contributed by atoms with E-state index in [4.69, 9.17) is 0 Å². The molecule has 0 unspecified atom stereocenters. The molecule has 2 aromatic rings.